The molecule has 0 aliphatic heterocycles. The van der Waals surface area contributed by atoms with E-state index >= 15 is 0 Å². The lowest BCUT2D eigenvalue weighted by atomic mass is 10.3. The first-order valence-electron chi connectivity index (χ1n) is 5.67. The van der Waals surface area contributed by atoms with E-state index in [-0.39, 0.29) is 23.2 Å². The Morgan fingerprint density at radius 2 is 2.10 bits per heavy atom. The molecule has 0 N–H and O–H groups in total. The van der Waals surface area contributed by atoms with Gasteiger partial charge in [-0.15, -0.1) is 0 Å². The summed E-state index contributed by atoms with van der Waals surface area (Å²) < 4.78 is 42.3. The summed E-state index contributed by atoms with van der Waals surface area (Å²) in [5.74, 6) is -0.379. The largest absolute Gasteiger partial charge is 0.421 e. The van der Waals surface area contributed by atoms with Crippen molar-refractivity contribution in [2.24, 2.45) is 4.99 Å². The van der Waals surface area contributed by atoms with Gasteiger partial charge in [0.15, 0.2) is 0 Å². The Balaban J connectivity index is 2.99. The number of ether oxygens (including phenoxy) is 1. The van der Waals surface area contributed by atoms with Crippen LogP contribution in [0.5, 0.6) is 5.88 Å². The number of hydrogen-bond acceptors (Lipinski definition) is 5. The van der Waals surface area contributed by atoms with Crippen molar-refractivity contribution in [3.8, 4) is 5.88 Å². The fourth-order valence-electron chi connectivity index (χ4n) is 1.29. The standard InChI is InChI=1S/C12H12F3N3O3/c1-7(12(13,14)15)6-11(16-3)21-10-5-4-9(18(19)20)8(2)17-10/h4-6H,1-3H3/b7-6+,16-11+. The third-order valence-corrected chi connectivity index (χ3v) is 2.45. The Labute approximate surface area is 118 Å². The Kier molecular flexibility index (Phi) is 5.01. The molecule has 1 heterocycles. The number of pyridine rings is 1. The molecule has 0 amide bonds. The van der Waals surface area contributed by atoms with Gasteiger partial charge in [0, 0.05) is 30.8 Å². The maximum Gasteiger partial charge on any atom is 0.412 e. The maximum absolute atomic E-state index is 12.4. The van der Waals surface area contributed by atoms with Gasteiger partial charge in [0.25, 0.3) is 5.69 Å². The van der Waals surface area contributed by atoms with Crippen LogP contribution in [-0.4, -0.2) is 29.0 Å². The third-order valence-electron chi connectivity index (χ3n) is 2.45. The number of aryl methyl sites for hydroxylation is 1. The van der Waals surface area contributed by atoms with Gasteiger partial charge in [-0.05, 0) is 13.8 Å². The van der Waals surface area contributed by atoms with E-state index in [1.807, 2.05) is 0 Å². The SMILES string of the molecule is C/N=C(\C=C(/C)C(F)(F)F)Oc1ccc([N+](=O)[O-])c(C)n1. The quantitative estimate of drug-likeness (QED) is 0.372. The number of nitro groups is 1. The number of alkyl halides is 3. The zero-order valence-electron chi connectivity index (χ0n) is 11.4. The van der Waals surface area contributed by atoms with Crippen LogP contribution in [0.1, 0.15) is 12.6 Å². The van der Waals surface area contributed by atoms with Gasteiger partial charge in [0.05, 0.1) is 4.92 Å². The summed E-state index contributed by atoms with van der Waals surface area (Å²) in [5.41, 5.74) is -1.01. The molecule has 0 saturated carbocycles. The van der Waals surface area contributed by atoms with Crippen molar-refractivity contribution in [1.82, 2.24) is 4.98 Å². The second-order valence-electron chi connectivity index (χ2n) is 4.00. The van der Waals surface area contributed by atoms with E-state index in [1.54, 1.807) is 0 Å². The zero-order chi connectivity index (χ0) is 16.2. The van der Waals surface area contributed by atoms with Crippen LogP contribution in [-0.2, 0) is 0 Å². The number of halogens is 3. The third kappa shape index (κ3) is 4.55. The first kappa shape index (κ1) is 16.6. The molecule has 0 fully saturated rings. The van der Waals surface area contributed by atoms with Crippen LogP contribution in [0.15, 0.2) is 28.8 Å². The summed E-state index contributed by atoms with van der Waals surface area (Å²) >= 11 is 0. The van der Waals surface area contributed by atoms with Gasteiger partial charge < -0.3 is 4.74 Å². The summed E-state index contributed by atoms with van der Waals surface area (Å²) in [6.45, 7) is 2.27. The smallest absolute Gasteiger partial charge is 0.412 e. The van der Waals surface area contributed by atoms with Crippen molar-refractivity contribution >= 4 is 11.6 Å². The van der Waals surface area contributed by atoms with Gasteiger partial charge in [-0.25, -0.2) is 4.98 Å². The highest BCUT2D eigenvalue weighted by Gasteiger charge is 2.30. The molecule has 0 spiro atoms. The van der Waals surface area contributed by atoms with Crippen molar-refractivity contribution in [1.29, 1.82) is 0 Å². The lowest BCUT2D eigenvalue weighted by Gasteiger charge is -2.08. The monoisotopic (exact) mass is 303 g/mol. The summed E-state index contributed by atoms with van der Waals surface area (Å²) in [7, 11) is 1.26. The van der Waals surface area contributed by atoms with E-state index in [2.05, 4.69) is 9.98 Å². The Morgan fingerprint density at radius 1 is 1.48 bits per heavy atom. The van der Waals surface area contributed by atoms with Gasteiger partial charge in [-0.1, -0.05) is 0 Å². The van der Waals surface area contributed by atoms with Crippen molar-refractivity contribution in [3.05, 3.63) is 39.6 Å². The highest BCUT2D eigenvalue weighted by molar-refractivity contribution is 5.90. The number of nitrogens with zero attached hydrogens (tertiary/aromatic N) is 3. The predicted octanol–water partition coefficient (Wildman–Crippen LogP) is 3.21. The topological polar surface area (TPSA) is 77.6 Å². The highest BCUT2D eigenvalue weighted by atomic mass is 19.4. The molecule has 0 aromatic carbocycles. The predicted molar refractivity (Wildman–Crippen MR) is 69.4 cm³/mol. The Morgan fingerprint density at radius 3 is 2.52 bits per heavy atom. The minimum atomic E-state index is -4.49. The average molecular weight is 303 g/mol. The number of allylic oxidation sites excluding steroid dienone is 1. The fourth-order valence-corrected chi connectivity index (χ4v) is 1.29. The lowest BCUT2D eigenvalue weighted by molar-refractivity contribution is -0.385. The normalized spacial score (nSPS) is 13.2. The van der Waals surface area contributed by atoms with Crippen LogP contribution in [0.3, 0.4) is 0 Å². The van der Waals surface area contributed by atoms with Crippen molar-refractivity contribution in [2.45, 2.75) is 20.0 Å². The number of aliphatic imine (C=N–C) groups is 1. The molecule has 0 radical (unpaired) electrons. The molecule has 0 atom stereocenters. The molecule has 9 heteroatoms. The molecule has 0 bridgehead atoms. The van der Waals surface area contributed by atoms with Gasteiger partial charge in [0.1, 0.15) is 5.69 Å². The van der Waals surface area contributed by atoms with Crippen LogP contribution in [0.4, 0.5) is 18.9 Å². The second kappa shape index (κ2) is 6.33. The lowest BCUT2D eigenvalue weighted by Crippen LogP contribution is -2.14. The highest BCUT2D eigenvalue weighted by Crippen LogP contribution is 2.25. The summed E-state index contributed by atoms with van der Waals surface area (Å²) in [6, 6.07) is 2.35. The Hall–Kier alpha value is -2.45. The van der Waals surface area contributed by atoms with E-state index in [0.29, 0.717) is 0 Å². The summed E-state index contributed by atoms with van der Waals surface area (Å²) in [5, 5.41) is 10.6. The molecule has 0 unspecified atom stereocenters. The zero-order valence-corrected chi connectivity index (χ0v) is 11.4. The number of aromatic nitrogens is 1. The first-order chi connectivity index (χ1) is 9.65. The van der Waals surface area contributed by atoms with Gasteiger partial charge in [-0.2, -0.15) is 13.2 Å². The molecule has 1 aromatic heterocycles. The second-order valence-corrected chi connectivity index (χ2v) is 4.00. The Bertz CT molecular complexity index is 610. The van der Waals surface area contributed by atoms with Crippen LogP contribution in [0.2, 0.25) is 0 Å². The van der Waals surface area contributed by atoms with Gasteiger partial charge >= 0.3 is 6.18 Å². The first-order valence-corrected chi connectivity index (χ1v) is 5.67. The molecule has 0 aliphatic rings. The van der Waals surface area contributed by atoms with E-state index in [1.165, 1.54) is 20.0 Å². The van der Waals surface area contributed by atoms with Crippen molar-refractivity contribution in [3.63, 3.8) is 0 Å². The van der Waals surface area contributed by atoms with Crippen LogP contribution in [0.25, 0.3) is 0 Å². The number of hydrogen-bond donors (Lipinski definition) is 0. The number of rotatable bonds is 3. The summed E-state index contributed by atoms with van der Waals surface area (Å²) in [4.78, 5) is 17.4. The van der Waals surface area contributed by atoms with E-state index < -0.39 is 16.7 Å². The van der Waals surface area contributed by atoms with E-state index in [9.17, 15) is 23.3 Å². The van der Waals surface area contributed by atoms with Crippen molar-refractivity contribution < 1.29 is 22.8 Å². The fraction of sp³-hybridized carbons (Fsp3) is 0.333. The molecule has 0 saturated heterocycles. The van der Waals surface area contributed by atoms with Gasteiger partial charge in [-0.3, -0.25) is 15.1 Å². The molecule has 21 heavy (non-hydrogen) atoms. The molecular weight excluding hydrogens is 291 g/mol. The van der Waals surface area contributed by atoms with Crippen molar-refractivity contribution in [2.75, 3.05) is 7.05 Å². The van der Waals surface area contributed by atoms with Crippen LogP contribution in [0, 0.1) is 17.0 Å². The molecular formula is C12H12F3N3O3. The summed E-state index contributed by atoms with van der Waals surface area (Å²) in [6.07, 6.45) is -3.77. The van der Waals surface area contributed by atoms with Gasteiger partial charge in [0.2, 0.25) is 11.8 Å². The maximum atomic E-state index is 12.4. The molecule has 0 aliphatic carbocycles. The average Bonchev–Trinajstić information content (AvgIpc) is 2.36. The van der Waals surface area contributed by atoms with E-state index in [4.69, 9.17) is 4.74 Å². The molecule has 1 aromatic rings. The molecule has 114 valence electrons. The van der Waals surface area contributed by atoms with Crippen LogP contribution < -0.4 is 4.74 Å². The van der Waals surface area contributed by atoms with E-state index in [0.717, 1.165) is 19.1 Å². The van der Waals surface area contributed by atoms with Crippen LogP contribution >= 0.6 is 0 Å². The minimum Gasteiger partial charge on any atom is -0.421 e. The molecule has 6 nitrogen and oxygen atoms in total. The minimum absolute atomic E-state index is 0.0788. The molecule has 1 rings (SSSR count).